The van der Waals surface area contributed by atoms with Crippen LogP contribution in [0.4, 0.5) is 17.2 Å². The number of ether oxygens (including phenoxy) is 1. The molecule has 0 amide bonds. The molecule has 1 unspecified atom stereocenters. The molecule has 4 rings (SSSR count). The SMILES string of the molecule is COc1ccc(S(=O)(=O)Nc2cc(C(=O)O)cnc2N2CCN(c3cccc(C)c3)C(C)C2)cc1. The molecule has 35 heavy (non-hydrogen) atoms. The van der Waals surface area contributed by atoms with Gasteiger partial charge in [-0.25, -0.2) is 18.2 Å². The number of carboxylic acid groups (broad SMARTS) is 1. The van der Waals surface area contributed by atoms with Crippen molar-refractivity contribution in [3.63, 3.8) is 0 Å². The Morgan fingerprint density at radius 1 is 1.14 bits per heavy atom. The maximum Gasteiger partial charge on any atom is 0.337 e. The van der Waals surface area contributed by atoms with E-state index in [9.17, 15) is 18.3 Å². The summed E-state index contributed by atoms with van der Waals surface area (Å²) in [7, 11) is -2.49. The first kappa shape index (κ1) is 24.3. The maximum absolute atomic E-state index is 13.1. The normalized spacial score (nSPS) is 16.1. The molecule has 0 aliphatic carbocycles. The molecule has 1 aromatic heterocycles. The lowest BCUT2D eigenvalue weighted by Gasteiger charge is -2.42. The molecule has 2 aromatic carbocycles. The summed E-state index contributed by atoms with van der Waals surface area (Å²) in [5.74, 6) is -0.269. The molecule has 0 bridgehead atoms. The van der Waals surface area contributed by atoms with Gasteiger partial charge in [0.1, 0.15) is 5.75 Å². The van der Waals surface area contributed by atoms with Gasteiger partial charge in [0.25, 0.3) is 10.0 Å². The van der Waals surface area contributed by atoms with E-state index in [-0.39, 0.29) is 22.2 Å². The van der Waals surface area contributed by atoms with E-state index < -0.39 is 16.0 Å². The summed E-state index contributed by atoms with van der Waals surface area (Å²) in [5.41, 5.74) is 2.33. The zero-order valence-electron chi connectivity index (χ0n) is 19.8. The molecule has 10 heteroatoms. The Balaban J connectivity index is 1.62. The number of rotatable bonds is 7. The highest BCUT2D eigenvalue weighted by molar-refractivity contribution is 7.92. The van der Waals surface area contributed by atoms with Crippen molar-refractivity contribution >= 4 is 33.2 Å². The Morgan fingerprint density at radius 2 is 1.89 bits per heavy atom. The fourth-order valence-corrected chi connectivity index (χ4v) is 5.25. The number of methoxy groups -OCH3 is 1. The van der Waals surface area contributed by atoms with Gasteiger partial charge < -0.3 is 19.6 Å². The van der Waals surface area contributed by atoms with Crippen LogP contribution in [-0.4, -0.2) is 57.3 Å². The number of aromatic nitrogens is 1. The standard InChI is InChI=1S/C25H28N4O5S/c1-17-5-4-6-20(13-17)29-12-11-28(16-18(29)2)24-23(14-19(15-26-24)25(30)31)27-35(32,33)22-9-7-21(34-3)8-10-22/h4-10,13-15,18,27H,11-12,16H2,1-3H3,(H,30,31). The third kappa shape index (κ3) is 5.32. The third-order valence-electron chi connectivity index (χ3n) is 5.99. The lowest BCUT2D eigenvalue weighted by Crippen LogP contribution is -2.52. The van der Waals surface area contributed by atoms with E-state index in [4.69, 9.17) is 4.74 Å². The molecule has 1 saturated heterocycles. The monoisotopic (exact) mass is 496 g/mol. The highest BCUT2D eigenvalue weighted by Crippen LogP contribution is 2.31. The second kappa shape index (κ2) is 9.83. The lowest BCUT2D eigenvalue weighted by atomic mass is 10.1. The molecule has 1 atom stereocenters. The Hall–Kier alpha value is -3.79. The topological polar surface area (TPSA) is 112 Å². The van der Waals surface area contributed by atoms with Crippen LogP contribution in [-0.2, 0) is 10.0 Å². The molecule has 2 N–H and O–H groups in total. The number of pyridine rings is 1. The Morgan fingerprint density at radius 3 is 2.51 bits per heavy atom. The minimum atomic E-state index is -3.99. The van der Waals surface area contributed by atoms with Crippen molar-refractivity contribution in [1.82, 2.24) is 4.98 Å². The summed E-state index contributed by atoms with van der Waals surface area (Å²) in [6.45, 7) is 6.04. The molecule has 0 spiro atoms. The summed E-state index contributed by atoms with van der Waals surface area (Å²) in [5, 5.41) is 9.46. The minimum absolute atomic E-state index is 0.0302. The molecule has 1 aliphatic rings. The zero-order valence-corrected chi connectivity index (χ0v) is 20.6. The molecular formula is C25H28N4O5S. The number of sulfonamides is 1. The molecule has 1 fully saturated rings. The van der Waals surface area contributed by atoms with Crippen LogP contribution in [0, 0.1) is 6.92 Å². The quantitative estimate of drug-likeness (QED) is 0.510. The first-order valence-electron chi connectivity index (χ1n) is 11.2. The number of piperazine rings is 1. The number of carboxylic acids is 1. The lowest BCUT2D eigenvalue weighted by molar-refractivity contribution is 0.0696. The average Bonchev–Trinajstić information content (AvgIpc) is 2.83. The van der Waals surface area contributed by atoms with Crippen molar-refractivity contribution in [2.45, 2.75) is 24.8 Å². The fraction of sp³-hybridized carbons (Fsp3) is 0.280. The number of hydrogen-bond donors (Lipinski definition) is 2. The van der Waals surface area contributed by atoms with Crippen LogP contribution in [0.5, 0.6) is 5.75 Å². The van der Waals surface area contributed by atoms with E-state index >= 15 is 0 Å². The predicted molar refractivity (Wildman–Crippen MR) is 135 cm³/mol. The number of nitrogens with one attached hydrogen (secondary N) is 1. The Labute approximate surface area is 205 Å². The summed E-state index contributed by atoms with van der Waals surface area (Å²) < 4.78 is 33.8. The third-order valence-corrected chi connectivity index (χ3v) is 7.37. The molecule has 1 aliphatic heterocycles. The van der Waals surface area contributed by atoms with Crippen LogP contribution < -0.4 is 19.3 Å². The summed E-state index contributed by atoms with van der Waals surface area (Å²) >= 11 is 0. The number of benzene rings is 2. The van der Waals surface area contributed by atoms with Crippen molar-refractivity contribution < 1.29 is 23.1 Å². The second-order valence-corrected chi connectivity index (χ2v) is 10.2. The van der Waals surface area contributed by atoms with Gasteiger partial charge in [0.15, 0.2) is 5.82 Å². The summed E-state index contributed by atoms with van der Waals surface area (Å²) in [6.07, 6.45) is 1.25. The van der Waals surface area contributed by atoms with Crippen molar-refractivity contribution in [2.75, 3.05) is 41.3 Å². The second-order valence-electron chi connectivity index (χ2n) is 8.51. The van der Waals surface area contributed by atoms with Gasteiger partial charge >= 0.3 is 5.97 Å². The van der Waals surface area contributed by atoms with Crippen molar-refractivity contribution in [2.24, 2.45) is 0 Å². The first-order chi connectivity index (χ1) is 16.7. The smallest absolute Gasteiger partial charge is 0.337 e. The van der Waals surface area contributed by atoms with E-state index in [1.165, 1.54) is 37.1 Å². The molecule has 2 heterocycles. The molecular weight excluding hydrogens is 468 g/mol. The van der Waals surface area contributed by atoms with Crippen LogP contribution in [0.2, 0.25) is 0 Å². The maximum atomic E-state index is 13.1. The van der Waals surface area contributed by atoms with Crippen LogP contribution in [0.1, 0.15) is 22.8 Å². The van der Waals surface area contributed by atoms with Gasteiger partial charge in [-0.05, 0) is 61.9 Å². The van der Waals surface area contributed by atoms with Gasteiger partial charge in [-0.1, -0.05) is 12.1 Å². The van der Waals surface area contributed by atoms with E-state index in [1.54, 1.807) is 12.1 Å². The Bertz CT molecular complexity index is 1330. The van der Waals surface area contributed by atoms with E-state index in [2.05, 4.69) is 46.7 Å². The minimum Gasteiger partial charge on any atom is -0.497 e. The van der Waals surface area contributed by atoms with E-state index in [0.29, 0.717) is 31.2 Å². The number of carbonyl (C=O) groups is 1. The number of aromatic carboxylic acids is 1. The summed E-state index contributed by atoms with van der Waals surface area (Å²) in [4.78, 5) is 20.2. The van der Waals surface area contributed by atoms with Gasteiger partial charge in [0, 0.05) is 37.6 Å². The first-order valence-corrected chi connectivity index (χ1v) is 12.6. The van der Waals surface area contributed by atoms with E-state index in [1.807, 2.05) is 11.0 Å². The van der Waals surface area contributed by atoms with Gasteiger partial charge in [0.2, 0.25) is 0 Å². The molecule has 3 aromatic rings. The van der Waals surface area contributed by atoms with Gasteiger partial charge in [0.05, 0.1) is 23.3 Å². The van der Waals surface area contributed by atoms with Crippen LogP contribution in [0.3, 0.4) is 0 Å². The highest BCUT2D eigenvalue weighted by atomic mass is 32.2. The van der Waals surface area contributed by atoms with Crippen molar-refractivity contribution in [3.05, 3.63) is 71.9 Å². The number of hydrogen-bond acceptors (Lipinski definition) is 7. The van der Waals surface area contributed by atoms with E-state index in [0.717, 1.165) is 5.69 Å². The highest BCUT2D eigenvalue weighted by Gasteiger charge is 2.28. The number of nitrogens with zero attached hydrogens (tertiary/aromatic N) is 3. The fourth-order valence-electron chi connectivity index (χ4n) is 4.20. The molecule has 0 radical (unpaired) electrons. The number of aryl methyl sites for hydroxylation is 1. The van der Waals surface area contributed by atoms with Crippen LogP contribution >= 0.6 is 0 Å². The van der Waals surface area contributed by atoms with Gasteiger partial charge in [-0.2, -0.15) is 0 Å². The largest absolute Gasteiger partial charge is 0.497 e. The van der Waals surface area contributed by atoms with Gasteiger partial charge in [-0.3, -0.25) is 4.72 Å². The summed E-state index contributed by atoms with van der Waals surface area (Å²) in [6, 6.07) is 15.7. The zero-order chi connectivity index (χ0) is 25.2. The van der Waals surface area contributed by atoms with Crippen molar-refractivity contribution in [3.8, 4) is 5.75 Å². The predicted octanol–water partition coefficient (Wildman–Crippen LogP) is 3.61. The molecule has 9 nitrogen and oxygen atoms in total. The average molecular weight is 497 g/mol. The van der Waals surface area contributed by atoms with Crippen LogP contribution in [0.15, 0.2) is 65.7 Å². The Kier molecular flexibility index (Phi) is 6.83. The molecule has 0 saturated carbocycles. The van der Waals surface area contributed by atoms with Crippen molar-refractivity contribution in [1.29, 1.82) is 0 Å². The molecule has 184 valence electrons. The number of anilines is 3. The van der Waals surface area contributed by atoms with Crippen LogP contribution in [0.25, 0.3) is 0 Å². The van der Waals surface area contributed by atoms with Gasteiger partial charge in [-0.15, -0.1) is 0 Å².